The van der Waals surface area contributed by atoms with E-state index in [9.17, 15) is 18.4 Å². The van der Waals surface area contributed by atoms with E-state index < -0.39 is 23.7 Å². The molecule has 0 unspecified atom stereocenters. The number of nitrogens with one attached hydrogen (secondary N) is 2. The molecule has 1 heterocycles. The van der Waals surface area contributed by atoms with Crippen LogP contribution in [-0.4, -0.2) is 30.9 Å². The highest BCUT2D eigenvalue weighted by Gasteiger charge is 2.33. The molecule has 0 fully saturated rings. The maximum atomic E-state index is 14.0. The lowest BCUT2D eigenvalue weighted by Gasteiger charge is -2.30. The number of hydrogen-bond acceptors (Lipinski definition) is 2. The van der Waals surface area contributed by atoms with Crippen LogP contribution >= 0.6 is 0 Å². The minimum Gasteiger partial charge on any atom is -0.345 e. The third kappa shape index (κ3) is 2.86. The first-order valence-corrected chi connectivity index (χ1v) is 6.26. The first-order valence-electron chi connectivity index (χ1n) is 6.26. The number of rotatable bonds is 2. The molecule has 0 saturated carbocycles. The summed E-state index contributed by atoms with van der Waals surface area (Å²) in [6.07, 6.45) is 0. The molecule has 0 saturated heterocycles. The Labute approximate surface area is 120 Å². The molecule has 0 radical (unpaired) electrons. The van der Waals surface area contributed by atoms with Gasteiger partial charge in [0.15, 0.2) is 0 Å². The van der Waals surface area contributed by atoms with Crippen LogP contribution in [0.2, 0.25) is 0 Å². The smallest absolute Gasteiger partial charge is 0.319 e. The van der Waals surface area contributed by atoms with Crippen LogP contribution < -0.4 is 10.6 Å². The molecule has 1 aromatic rings. The maximum Gasteiger partial charge on any atom is 0.319 e. The molecule has 5 nitrogen and oxygen atoms in total. The van der Waals surface area contributed by atoms with Crippen LogP contribution in [0.5, 0.6) is 0 Å². The molecule has 1 aromatic carbocycles. The lowest BCUT2D eigenvalue weighted by molar-refractivity contribution is -0.125. The Bertz CT molecular complexity index is 641. The molecule has 1 aliphatic heterocycles. The largest absolute Gasteiger partial charge is 0.345 e. The number of carbonyl (C=O) groups is 2. The first-order chi connectivity index (χ1) is 9.81. The Hall–Kier alpha value is -2.44. The molecular weight excluding hydrogens is 280 g/mol. The Morgan fingerprint density at radius 1 is 1.29 bits per heavy atom. The lowest BCUT2D eigenvalue weighted by Crippen LogP contribution is -2.47. The minimum atomic E-state index is -0.964. The number of allylic oxidation sites excluding steroid dienone is 1. The highest BCUT2D eigenvalue weighted by molar-refractivity contribution is 5.98. The van der Waals surface area contributed by atoms with E-state index in [0.717, 1.165) is 12.1 Å². The van der Waals surface area contributed by atoms with Crippen LogP contribution in [0, 0.1) is 11.6 Å². The summed E-state index contributed by atoms with van der Waals surface area (Å²) in [6.45, 7) is 1.56. The van der Waals surface area contributed by atoms with Crippen molar-refractivity contribution in [2.45, 2.75) is 13.0 Å². The highest BCUT2D eigenvalue weighted by Crippen LogP contribution is 2.29. The molecule has 112 valence electrons. The highest BCUT2D eigenvalue weighted by atomic mass is 19.1. The van der Waals surface area contributed by atoms with E-state index in [0.29, 0.717) is 5.70 Å². The molecule has 0 spiro atoms. The van der Waals surface area contributed by atoms with Crippen molar-refractivity contribution in [2.75, 3.05) is 14.1 Å². The lowest BCUT2D eigenvalue weighted by atomic mass is 9.94. The van der Waals surface area contributed by atoms with Crippen molar-refractivity contribution in [2.24, 2.45) is 0 Å². The number of likely N-dealkylation sites (N-methyl/N-ethyl adjacent to an activating group) is 1. The summed E-state index contributed by atoms with van der Waals surface area (Å²) in [7, 11) is 3.11. The number of carbonyl (C=O) groups excluding carboxylic acids is 2. The van der Waals surface area contributed by atoms with Crippen LogP contribution in [0.1, 0.15) is 18.5 Å². The van der Waals surface area contributed by atoms with Gasteiger partial charge in [-0.3, -0.25) is 4.79 Å². The second-order valence-electron chi connectivity index (χ2n) is 4.94. The summed E-state index contributed by atoms with van der Waals surface area (Å²) in [5.74, 6) is -1.91. The van der Waals surface area contributed by atoms with Gasteiger partial charge in [0.05, 0.1) is 11.6 Å². The average molecular weight is 295 g/mol. The Morgan fingerprint density at radius 2 is 1.95 bits per heavy atom. The zero-order valence-electron chi connectivity index (χ0n) is 11.8. The van der Waals surface area contributed by atoms with Gasteiger partial charge in [0, 0.05) is 31.4 Å². The van der Waals surface area contributed by atoms with Crippen LogP contribution in [0.25, 0.3) is 0 Å². The summed E-state index contributed by atoms with van der Waals surface area (Å²) < 4.78 is 27.0. The average Bonchev–Trinajstić information content (AvgIpc) is 2.37. The van der Waals surface area contributed by atoms with Gasteiger partial charge < -0.3 is 15.5 Å². The molecule has 1 aliphatic rings. The number of amides is 3. The van der Waals surface area contributed by atoms with E-state index >= 15 is 0 Å². The molecule has 2 N–H and O–H groups in total. The fourth-order valence-electron chi connectivity index (χ4n) is 2.19. The molecule has 21 heavy (non-hydrogen) atoms. The van der Waals surface area contributed by atoms with E-state index in [-0.39, 0.29) is 17.0 Å². The van der Waals surface area contributed by atoms with Gasteiger partial charge >= 0.3 is 6.03 Å². The number of urea groups is 1. The van der Waals surface area contributed by atoms with Crippen molar-refractivity contribution in [1.82, 2.24) is 15.5 Å². The van der Waals surface area contributed by atoms with Crippen molar-refractivity contribution in [3.8, 4) is 0 Å². The molecule has 3 amide bonds. The van der Waals surface area contributed by atoms with Gasteiger partial charge in [-0.25, -0.2) is 13.6 Å². The molecule has 0 bridgehead atoms. The van der Waals surface area contributed by atoms with Gasteiger partial charge in [0.1, 0.15) is 11.6 Å². The molecule has 2 rings (SSSR count). The molecule has 1 atom stereocenters. The van der Waals surface area contributed by atoms with Crippen molar-refractivity contribution in [3.63, 3.8) is 0 Å². The predicted octanol–water partition coefficient (Wildman–Crippen LogP) is 1.68. The normalized spacial score (nSPS) is 18.1. The van der Waals surface area contributed by atoms with Gasteiger partial charge in [-0.05, 0) is 13.0 Å². The van der Waals surface area contributed by atoms with Gasteiger partial charge in [-0.1, -0.05) is 6.07 Å². The zero-order valence-corrected chi connectivity index (χ0v) is 11.8. The van der Waals surface area contributed by atoms with E-state index in [1.54, 1.807) is 21.0 Å². The van der Waals surface area contributed by atoms with Crippen molar-refractivity contribution >= 4 is 11.9 Å². The van der Waals surface area contributed by atoms with E-state index in [2.05, 4.69) is 10.6 Å². The fraction of sp³-hybridized carbons (Fsp3) is 0.286. The van der Waals surface area contributed by atoms with E-state index in [1.165, 1.54) is 11.0 Å². The van der Waals surface area contributed by atoms with E-state index in [4.69, 9.17) is 0 Å². The number of benzene rings is 1. The Balaban J connectivity index is 2.55. The summed E-state index contributed by atoms with van der Waals surface area (Å²) in [5, 5.41) is 4.97. The monoisotopic (exact) mass is 295 g/mol. The first kappa shape index (κ1) is 15.0. The third-order valence-electron chi connectivity index (χ3n) is 3.18. The van der Waals surface area contributed by atoms with Crippen LogP contribution in [0.4, 0.5) is 13.6 Å². The Morgan fingerprint density at radius 3 is 2.52 bits per heavy atom. The van der Waals surface area contributed by atoms with Crippen molar-refractivity contribution in [1.29, 1.82) is 0 Å². The van der Waals surface area contributed by atoms with Crippen molar-refractivity contribution in [3.05, 3.63) is 46.7 Å². The fourth-order valence-corrected chi connectivity index (χ4v) is 2.19. The number of hydrogen-bond donors (Lipinski definition) is 2. The van der Waals surface area contributed by atoms with Gasteiger partial charge in [-0.2, -0.15) is 0 Å². The zero-order chi connectivity index (χ0) is 15.7. The SMILES string of the molecule is CC1=C(C(=O)N(C)C)[C@H](c2ccc(F)cc2F)NC(=O)N1. The third-order valence-corrected chi connectivity index (χ3v) is 3.18. The van der Waals surface area contributed by atoms with Gasteiger partial charge in [0.25, 0.3) is 5.91 Å². The maximum absolute atomic E-state index is 14.0. The van der Waals surface area contributed by atoms with Gasteiger partial charge in [0.2, 0.25) is 0 Å². The molecular formula is C14H15F2N3O2. The topological polar surface area (TPSA) is 61.4 Å². The molecule has 7 heteroatoms. The second-order valence-corrected chi connectivity index (χ2v) is 4.94. The van der Waals surface area contributed by atoms with Crippen LogP contribution in [0.3, 0.4) is 0 Å². The standard InChI is InChI=1S/C14H15F2N3O2/c1-7-11(13(20)19(2)3)12(18-14(21)17-7)9-5-4-8(15)6-10(9)16/h4-6,12H,1-3H3,(H2,17,18,21)/t12-/m0/s1. The van der Waals surface area contributed by atoms with E-state index in [1.807, 2.05) is 0 Å². The minimum absolute atomic E-state index is 0.0378. The van der Waals surface area contributed by atoms with Crippen LogP contribution in [0.15, 0.2) is 29.5 Å². The quantitative estimate of drug-likeness (QED) is 0.872. The summed E-state index contributed by atoms with van der Waals surface area (Å²) in [5.41, 5.74) is 0.590. The molecule has 0 aliphatic carbocycles. The summed E-state index contributed by atoms with van der Waals surface area (Å²) in [6, 6.07) is 1.51. The van der Waals surface area contributed by atoms with Gasteiger partial charge in [-0.15, -0.1) is 0 Å². The predicted molar refractivity (Wildman–Crippen MR) is 72.2 cm³/mol. The second kappa shape index (κ2) is 5.51. The van der Waals surface area contributed by atoms with Crippen LogP contribution in [-0.2, 0) is 4.79 Å². The number of nitrogens with zero attached hydrogens (tertiary/aromatic N) is 1. The summed E-state index contributed by atoms with van der Waals surface area (Å²) in [4.78, 5) is 25.2. The molecule has 0 aromatic heterocycles. The summed E-state index contributed by atoms with van der Waals surface area (Å²) >= 11 is 0. The van der Waals surface area contributed by atoms with Crippen molar-refractivity contribution < 1.29 is 18.4 Å². The Kier molecular flexibility index (Phi) is 3.93. The number of halogens is 2.